The van der Waals surface area contributed by atoms with Crippen molar-refractivity contribution in [2.24, 2.45) is 11.8 Å². The van der Waals surface area contributed by atoms with Crippen molar-refractivity contribution < 1.29 is 13.9 Å². The van der Waals surface area contributed by atoms with E-state index in [1.807, 2.05) is 11.8 Å². The van der Waals surface area contributed by atoms with Crippen LogP contribution in [0.4, 0.5) is 0 Å². The van der Waals surface area contributed by atoms with Gasteiger partial charge in [-0.25, -0.2) is 4.98 Å². The van der Waals surface area contributed by atoms with Crippen molar-refractivity contribution in [1.82, 2.24) is 14.8 Å². The van der Waals surface area contributed by atoms with Crippen molar-refractivity contribution in [2.75, 3.05) is 26.7 Å². The third kappa shape index (κ3) is 3.33. The van der Waals surface area contributed by atoms with Gasteiger partial charge in [0.1, 0.15) is 5.75 Å². The molecule has 1 aromatic carbocycles. The first kappa shape index (κ1) is 18.7. The molecule has 5 rings (SSSR count). The van der Waals surface area contributed by atoms with Crippen LogP contribution in [0.3, 0.4) is 0 Å². The van der Waals surface area contributed by atoms with Crippen molar-refractivity contribution in [3.05, 3.63) is 47.7 Å². The molecule has 1 aromatic heterocycles. The minimum Gasteiger partial charge on any atom is -0.497 e. The zero-order chi connectivity index (χ0) is 20.0. The summed E-state index contributed by atoms with van der Waals surface area (Å²) in [5, 5.41) is 0. The second-order valence-electron chi connectivity index (χ2n) is 8.82. The van der Waals surface area contributed by atoms with Crippen LogP contribution in [0.25, 0.3) is 0 Å². The van der Waals surface area contributed by atoms with Gasteiger partial charge < -0.3 is 14.1 Å². The minimum absolute atomic E-state index is 0.00524. The average Bonchev–Trinajstić information content (AvgIpc) is 3.18. The number of fused-ring (bicyclic) bond motifs is 4. The summed E-state index contributed by atoms with van der Waals surface area (Å²) in [6.45, 7) is 4.54. The maximum Gasteiger partial charge on any atom is 0.291 e. The number of carbonyl (C=O) groups excluding carboxylic acids is 1. The number of aryl methyl sites for hydroxylation is 1. The van der Waals surface area contributed by atoms with Crippen LogP contribution in [-0.2, 0) is 0 Å². The first-order chi connectivity index (χ1) is 14.1. The van der Waals surface area contributed by atoms with Crippen LogP contribution < -0.4 is 4.74 Å². The summed E-state index contributed by atoms with van der Waals surface area (Å²) in [4.78, 5) is 21.8. The lowest BCUT2D eigenvalue weighted by Gasteiger charge is -2.55. The Morgan fingerprint density at radius 3 is 2.72 bits per heavy atom. The maximum absolute atomic E-state index is 13.0. The monoisotopic (exact) mass is 395 g/mol. The van der Waals surface area contributed by atoms with E-state index in [9.17, 15) is 4.79 Å². The number of amides is 1. The summed E-state index contributed by atoms with van der Waals surface area (Å²) in [6.07, 6.45) is 6.29. The number of hydrogen-bond acceptors (Lipinski definition) is 5. The third-order valence-corrected chi connectivity index (χ3v) is 7.11. The molecular formula is C23H29N3O3. The molecule has 3 saturated heterocycles. The molecule has 3 aliphatic heterocycles. The number of hydrogen-bond donors (Lipinski definition) is 0. The summed E-state index contributed by atoms with van der Waals surface area (Å²) in [6, 6.07) is 9.62. The quantitative estimate of drug-likeness (QED) is 0.793. The van der Waals surface area contributed by atoms with Gasteiger partial charge in [-0.1, -0.05) is 12.1 Å². The third-order valence-electron chi connectivity index (χ3n) is 7.11. The second-order valence-corrected chi connectivity index (χ2v) is 8.82. The molecule has 2 bridgehead atoms. The van der Waals surface area contributed by atoms with Gasteiger partial charge in [0, 0.05) is 31.7 Å². The molecule has 0 radical (unpaired) electrons. The summed E-state index contributed by atoms with van der Waals surface area (Å²) in [7, 11) is 1.71. The normalized spacial score (nSPS) is 29.4. The average molecular weight is 396 g/mol. The molecule has 0 unspecified atom stereocenters. The number of ether oxygens (including phenoxy) is 1. The van der Waals surface area contributed by atoms with Crippen molar-refractivity contribution in [2.45, 2.75) is 44.7 Å². The molecule has 0 saturated carbocycles. The standard InChI is InChI=1S/C23H29N3O3/c1-15-22(29-14-24-15)23(27)25-11-16-10-18(13-25)21-5-3-4-20(26(21)12-16)17-6-8-19(28-2)9-7-17/h6-9,14,16,18,20-21H,3-5,10-13H2,1-2H3/t16-,18+,20+,21-/m0/s1. The van der Waals surface area contributed by atoms with E-state index in [-0.39, 0.29) is 5.91 Å². The summed E-state index contributed by atoms with van der Waals surface area (Å²) >= 11 is 0. The highest BCUT2D eigenvalue weighted by molar-refractivity contribution is 5.92. The number of benzene rings is 1. The predicted molar refractivity (Wildman–Crippen MR) is 109 cm³/mol. The largest absolute Gasteiger partial charge is 0.497 e. The lowest BCUT2D eigenvalue weighted by atomic mass is 9.74. The Morgan fingerprint density at radius 1 is 1.17 bits per heavy atom. The predicted octanol–water partition coefficient (Wildman–Crippen LogP) is 3.68. The number of aromatic nitrogens is 1. The van der Waals surface area contributed by atoms with Crippen LogP contribution in [0, 0.1) is 18.8 Å². The lowest BCUT2D eigenvalue weighted by molar-refractivity contribution is -0.0516. The van der Waals surface area contributed by atoms with E-state index in [0.29, 0.717) is 35.4 Å². The fourth-order valence-electron chi connectivity index (χ4n) is 5.81. The first-order valence-corrected chi connectivity index (χ1v) is 10.7. The Morgan fingerprint density at radius 2 is 2.00 bits per heavy atom. The summed E-state index contributed by atoms with van der Waals surface area (Å²) < 4.78 is 10.7. The number of rotatable bonds is 3. The first-order valence-electron chi connectivity index (χ1n) is 10.7. The van der Waals surface area contributed by atoms with Crippen LogP contribution >= 0.6 is 0 Å². The second kappa shape index (κ2) is 7.48. The fraction of sp³-hybridized carbons (Fsp3) is 0.565. The molecule has 6 nitrogen and oxygen atoms in total. The van der Waals surface area contributed by atoms with Gasteiger partial charge in [-0.3, -0.25) is 9.69 Å². The van der Waals surface area contributed by atoms with Crippen molar-refractivity contribution in [3.8, 4) is 5.75 Å². The minimum atomic E-state index is 0.00524. The van der Waals surface area contributed by atoms with Crippen LogP contribution in [-0.4, -0.2) is 53.5 Å². The highest BCUT2D eigenvalue weighted by atomic mass is 16.5. The molecule has 3 fully saturated rings. The van der Waals surface area contributed by atoms with E-state index in [0.717, 1.165) is 25.4 Å². The van der Waals surface area contributed by atoms with Crippen LogP contribution in [0.5, 0.6) is 5.75 Å². The van der Waals surface area contributed by atoms with Gasteiger partial charge in [0.2, 0.25) is 5.76 Å². The zero-order valence-corrected chi connectivity index (χ0v) is 17.2. The van der Waals surface area contributed by atoms with Gasteiger partial charge in [-0.2, -0.15) is 0 Å². The number of carbonyl (C=O) groups is 1. The smallest absolute Gasteiger partial charge is 0.291 e. The molecule has 0 spiro atoms. The molecular weight excluding hydrogens is 366 g/mol. The SMILES string of the molecule is COc1ccc([C@H]2CCC[C@H]3[C@@H]4C[C@@H](CN(C(=O)c5ocnc5C)C4)CN23)cc1. The van der Waals surface area contributed by atoms with Crippen LogP contribution in [0.1, 0.15) is 53.5 Å². The Balaban J connectivity index is 1.35. The van der Waals surface area contributed by atoms with Crippen molar-refractivity contribution in [3.63, 3.8) is 0 Å². The fourth-order valence-corrected chi connectivity index (χ4v) is 5.81. The van der Waals surface area contributed by atoms with E-state index in [1.54, 1.807) is 7.11 Å². The molecule has 6 heteroatoms. The van der Waals surface area contributed by atoms with Crippen molar-refractivity contribution in [1.29, 1.82) is 0 Å². The number of methoxy groups -OCH3 is 1. The van der Waals surface area contributed by atoms with Gasteiger partial charge in [-0.05, 0) is 62.1 Å². The molecule has 4 atom stereocenters. The highest BCUT2D eigenvalue weighted by Crippen LogP contribution is 2.44. The van der Waals surface area contributed by atoms with Gasteiger partial charge in [0.15, 0.2) is 6.39 Å². The van der Waals surface area contributed by atoms with Gasteiger partial charge in [0.25, 0.3) is 5.91 Å². The Labute approximate surface area is 171 Å². The highest BCUT2D eigenvalue weighted by Gasteiger charge is 2.46. The molecule has 4 heterocycles. The summed E-state index contributed by atoms with van der Waals surface area (Å²) in [5.41, 5.74) is 2.07. The van der Waals surface area contributed by atoms with E-state index in [1.165, 1.54) is 37.6 Å². The van der Waals surface area contributed by atoms with E-state index < -0.39 is 0 Å². The Kier molecular flexibility index (Phi) is 4.82. The molecule has 1 amide bonds. The Hall–Kier alpha value is -2.34. The zero-order valence-electron chi connectivity index (χ0n) is 17.2. The molecule has 2 aromatic rings. The van der Waals surface area contributed by atoms with Crippen LogP contribution in [0.15, 0.2) is 35.1 Å². The number of nitrogens with zero attached hydrogens (tertiary/aromatic N) is 3. The number of likely N-dealkylation sites (tertiary alicyclic amines) is 1. The molecule has 3 aliphatic rings. The van der Waals surface area contributed by atoms with Crippen LogP contribution in [0.2, 0.25) is 0 Å². The summed E-state index contributed by atoms with van der Waals surface area (Å²) in [5.74, 6) is 2.38. The van der Waals surface area contributed by atoms with Gasteiger partial charge >= 0.3 is 0 Å². The van der Waals surface area contributed by atoms with Crippen molar-refractivity contribution >= 4 is 5.91 Å². The van der Waals surface area contributed by atoms with Gasteiger partial charge in [-0.15, -0.1) is 0 Å². The topological polar surface area (TPSA) is 58.8 Å². The number of oxazole rings is 1. The van der Waals surface area contributed by atoms with Gasteiger partial charge in [0.05, 0.1) is 12.8 Å². The number of piperidine rings is 3. The van der Waals surface area contributed by atoms with E-state index in [2.05, 4.69) is 34.1 Å². The molecule has 154 valence electrons. The molecule has 0 N–H and O–H groups in total. The van der Waals surface area contributed by atoms with E-state index >= 15 is 0 Å². The van der Waals surface area contributed by atoms with E-state index in [4.69, 9.17) is 9.15 Å². The molecule has 29 heavy (non-hydrogen) atoms. The Bertz CT molecular complexity index is 878. The molecule has 0 aliphatic carbocycles. The maximum atomic E-state index is 13.0. The lowest BCUT2D eigenvalue weighted by Crippen LogP contribution is -2.60.